The Hall–Kier alpha value is -2.69. The maximum absolute atomic E-state index is 13.3. The number of carboxylic acids is 1. The van der Waals surface area contributed by atoms with Crippen molar-refractivity contribution in [2.24, 2.45) is 5.92 Å². The summed E-state index contributed by atoms with van der Waals surface area (Å²) in [6.45, 7) is 5.57. The van der Waals surface area contributed by atoms with Gasteiger partial charge < -0.3 is 9.84 Å². The molecule has 1 N–H and O–H groups in total. The molecule has 2 rings (SSSR count). The highest BCUT2D eigenvalue weighted by atomic mass is 19.1. The molecule has 2 aromatic carbocycles. The van der Waals surface area contributed by atoms with Crippen molar-refractivity contribution in [3.63, 3.8) is 0 Å². The molecule has 0 spiro atoms. The van der Waals surface area contributed by atoms with Crippen LogP contribution in [0.2, 0.25) is 0 Å². The van der Waals surface area contributed by atoms with Crippen molar-refractivity contribution in [1.82, 2.24) is 0 Å². The number of methoxy groups -OCH3 is 1. The number of ether oxygens (including phenoxy) is 1. The van der Waals surface area contributed by atoms with Gasteiger partial charge in [0, 0.05) is 12.0 Å². The third-order valence-electron chi connectivity index (χ3n) is 3.90. The molecule has 0 amide bonds. The number of Topliss-reactive ketones (excluding diaryl/α,β-unsaturated/α-hetero) is 1. The van der Waals surface area contributed by atoms with E-state index in [1.54, 1.807) is 38.3 Å². The predicted molar refractivity (Wildman–Crippen MR) is 99.3 cm³/mol. The minimum Gasteiger partial charge on any atom is -0.497 e. The van der Waals surface area contributed by atoms with E-state index in [-0.39, 0.29) is 24.4 Å². The number of aliphatic carboxylic acids is 1. The Bertz CT molecular complexity index is 738. The van der Waals surface area contributed by atoms with Gasteiger partial charge in [0.1, 0.15) is 11.6 Å². The molecule has 0 bridgehead atoms. The molecule has 0 aliphatic carbocycles. The van der Waals surface area contributed by atoms with Crippen molar-refractivity contribution in [1.29, 1.82) is 0 Å². The highest BCUT2D eigenvalue weighted by Crippen LogP contribution is 2.19. The van der Waals surface area contributed by atoms with Crippen LogP contribution in [0.15, 0.2) is 42.5 Å². The zero-order valence-electron chi connectivity index (χ0n) is 15.6. The summed E-state index contributed by atoms with van der Waals surface area (Å²) in [6.07, 6.45) is 0.109. The normalized spacial score (nSPS) is 11.1. The van der Waals surface area contributed by atoms with Crippen molar-refractivity contribution < 1.29 is 23.8 Å². The Morgan fingerprint density at radius 2 is 1.73 bits per heavy atom. The Balaban J connectivity index is 0.00000163. The van der Waals surface area contributed by atoms with E-state index in [4.69, 9.17) is 4.74 Å². The summed E-state index contributed by atoms with van der Waals surface area (Å²) in [7, 11) is 1.55. The lowest BCUT2D eigenvalue weighted by Crippen LogP contribution is -2.20. The molecule has 0 saturated carbocycles. The fraction of sp³-hybridized carbons (Fsp3) is 0.333. The quantitative estimate of drug-likeness (QED) is 0.728. The summed E-state index contributed by atoms with van der Waals surface area (Å²) in [6, 6.07) is 11.1. The molecule has 1 unspecified atom stereocenters. The van der Waals surface area contributed by atoms with Crippen LogP contribution in [-0.2, 0) is 11.2 Å². The van der Waals surface area contributed by atoms with Gasteiger partial charge in [0.25, 0.3) is 0 Å². The van der Waals surface area contributed by atoms with Crippen LogP contribution in [0.5, 0.6) is 5.75 Å². The number of rotatable bonds is 7. The second kappa shape index (κ2) is 10.3. The van der Waals surface area contributed by atoms with Crippen LogP contribution in [0.3, 0.4) is 0 Å². The van der Waals surface area contributed by atoms with Gasteiger partial charge in [-0.25, -0.2) is 4.39 Å². The molecule has 140 valence electrons. The zero-order chi connectivity index (χ0) is 19.7. The SMILES string of the molecule is CC.COc1ccc(CC(CC(=O)c2ccc(F)c(C)c2)C(=O)O)cc1. The highest BCUT2D eigenvalue weighted by molar-refractivity contribution is 5.98. The van der Waals surface area contributed by atoms with E-state index in [9.17, 15) is 19.1 Å². The largest absolute Gasteiger partial charge is 0.497 e. The summed E-state index contributed by atoms with van der Waals surface area (Å²) in [4.78, 5) is 23.8. The zero-order valence-corrected chi connectivity index (χ0v) is 15.6. The van der Waals surface area contributed by atoms with Gasteiger partial charge >= 0.3 is 5.97 Å². The number of carboxylic acid groups (broad SMARTS) is 1. The molecule has 0 radical (unpaired) electrons. The highest BCUT2D eigenvalue weighted by Gasteiger charge is 2.22. The van der Waals surface area contributed by atoms with Crippen molar-refractivity contribution in [3.05, 3.63) is 65.0 Å². The van der Waals surface area contributed by atoms with E-state index in [0.717, 1.165) is 5.56 Å². The minimum atomic E-state index is -1.03. The molecule has 0 heterocycles. The molecular formula is C21H25FO4. The summed E-state index contributed by atoms with van der Waals surface area (Å²) < 4.78 is 18.4. The summed E-state index contributed by atoms with van der Waals surface area (Å²) in [5, 5.41) is 9.39. The van der Waals surface area contributed by atoms with E-state index >= 15 is 0 Å². The summed E-state index contributed by atoms with van der Waals surface area (Å²) >= 11 is 0. The standard InChI is InChI=1S/C19H19FO4.C2H6/c1-12-9-14(5-8-17(12)20)18(21)11-15(19(22)23)10-13-3-6-16(24-2)7-4-13;1-2/h3-9,15H,10-11H2,1-2H3,(H,22,23);1-2H3. The number of hydrogen-bond donors (Lipinski definition) is 1. The van der Waals surface area contributed by atoms with E-state index < -0.39 is 11.9 Å². The number of ketones is 1. The second-order valence-electron chi connectivity index (χ2n) is 5.68. The first-order valence-corrected chi connectivity index (χ1v) is 8.55. The first-order chi connectivity index (χ1) is 12.4. The summed E-state index contributed by atoms with van der Waals surface area (Å²) in [5.41, 5.74) is 1.50. The molecule has 0 aliphatic heterocycles. The molecule has 1 atom stereocenters. The van der Waals surface area contributed by atoms with Crippen molar-refractivity contribution in [2.45, 2.75) is 33.6 Å². The lowest BCUT2D eigenvalue weighted by atomic mass is 9.92. The van der Waals surface area contributed by atoms with Gasteiger partial charge in [-0.15, -0.1) is 0 Å². The molecule has 0 aliphatic rings. The van der Waals surface area contributed by atoms with Gasteiger partial charge in [0.2, 0.25) is 0 Å². The van der Waals surface area contributed by atoms with Gasteiger partial charge in [0.15, 0.2) is 5.78 Å². The molecule has 2 aromatic rings. The van der Waals surface area contributed by atoms with Crippen molar-refractivity contribution in [3.8, 4) is 5.75 Å². The number of carbonyl (C=O) groups excluding carboxylic acids is 1. The van der Waals surface area contributed by atoms with Crippen LogP contribution in [-0.4, -0.2) is 24.0 Å². The maximum Gasteiger partial charge on any atom is 0.307 e. The fourth-order valence-corrected chi connectivity index (χ4v) is 2.45. The number of benzene rings is 2. The lowest BCUT2D eigenvalue weighted by molar-refractivity contribution is -0.141. The fourth-order valence-electron chi connectivity index (χ4n) is 2.45. The van der Waals surface area contributed by atoms with E-state index in [1.165, 1.54) is 18.2 Å². The van der Waals surface area contributed by atoms with E-state index in [2.05, 4.69) is 0 Å². The monoisotopic (exact) mass is 360 g/mol. The molecule has 0 saturated heterocycles. The second-order valence-corrected chi connectivity index (χ2v) is 5.68. The van der Waals surface area contributed by atoms with Crippen LogP contribution in [0.1, 0.15) is 41.8 Å². The third-order valence-corrected chi connectivity index (χ3v) is 3.90. The number of halogens is 1. The average Bonchev–Trinajstić information content (AvgIpc) is 2.65. The van der Waals surface area contributed by atoms with Crippen LogP contribution < -0.4 is 4.74 Å². The minimum absolute atomic E-state index is 0.133. The van der Waals surface area contributed by atoms with Crippen LogP contribution in [0.25, 0.3) is 0 Å². The van der Waals surface area contributed by atoms with Gasteiger partial charge in [0.05, 0.1) is 13.0 Å². The first kappa shape index (κ1) is 21.4. The Kier molecular flexibility index (Phi) is 8.49. The molecule has 0 fully saturated rings. The number of aryl methyl sites for hydroxylation is 1. The third kappa shape index (κ3) is 5.99. The van der Waals surface area contributed by atoms with Crippen LogP contribution >= 0.6 is 0 Å². The van der Waals surface area contributed by atoms with Gasteiger partial charge in [-0.3, -0.25) is 9.59 Å². The van der Waals surface area contributed by atoms with Gasteiger partial charge in [-0.05, 0) is 54.8 Å². The Labute approximate surface area is 153 Å². The van der Waals surface area contributed by atoms with Gasteiger partial charge in [-0.1, -0.05) is 26.0 Å². The first-order valence-electron chi connectivity index (χ1n) is 8.55. The Morgan fingerprint density at radius 1 is 1.12 bits per heavy atom. The average molecular weight is 360 g/mol. The molecule has 4 nitrogen and oxygen atoms in total. The summed E-state index contributed by atoms with van der Waals surface area (Å²) in [5.74, 6) is -1.88. The maximum atomic E-state index is 13.3. The molecule has 26 heavy (non-hydrogen) atoms. The number of carbonyl (C=O) groups is 2. The van der Waals surface area contributed by atoms with Crippen LogP contribution in [0.4, 0.5) is 4.39 Å². The predicted octanol–water partition coefficient (Wildman–Crippen LogP) is 4.69. The number of hydrogen-bond acceptors (Lipinski definition) is 3. The lowest BCUT2D eigenvalue weighted by Gasteiger charge is -2.12. The van der Waals surface area contributed by atoms with Crippen molar-refractivity contribution >= 4 is 11.8 Å². The Morgan fingerprint density at radius 3 is 2.23 bits per heavy atom. The van der Waals surface area contributed by atoms with Crippen LogP contribution in [0, 0.1) is 18.7 Å². The topological polar surface area (TPSA) is 63.6 Å². The smallest absolute Gasteiger partial charge is 0.307 e. The molecular weight excluding hydrogens is 335 g/mol. The van der Waals surface area contributed by atoms with Crippen molar-refractivity contribution in [2.75, 3.05) is 7.11 Å². The van der Waals surface area contributed by atoms with E-state index in [1.807, 2.05) is 13.8 Å². The molecule has 5 heteroatoms. The molecule has 0 aromatic heterocycles. The van der Waals surface area contributed by atoms with Gasteiger partial charge in [-0.2, -0.15) is 0 Å². The van der Waals surface area contributed by atoms with E-state index in [0.29, 0.717) is 16.9 Å².